The number of hydrogen-bond acceptors (Lipinski definition) is 3. The molecule has 1 aromatic carbocycles. The number of carbonyl (C=O) groups excluding carboxylic acids is 1. The summed E-state index contributed by atoms with van der Waals surface area (Å²) in [6.45, 7) is 0.294. The Balaban J connectivity index is 2.00. The van der Waals surface area contributed by atoms with Gasteiger partial charge in [0.05, 0.1) is 5.56 Å². The molecule has 0 N–H and O–H groups in total. The van der Waals surface area contributed by atoms with Gasteiger partial charge in [-0.1, -0.05) is 22.0 Å². The van der Waals surface area contributed by atoms with Crippen molar-refractivity contribution in [2.75, 3.05) is 6.61 Å². The number of aromatic nitrogens is 1. The van der Waals surface area contributed by atoms with Gasteiger partial charge in [-0.15, -0.1) is 0 Å². The molecular formula is C15H10BrNO2. The first-order valence-electron chi connectivity index (χ1n) is 5.82. The molecule has 0 saturated carbocycles. The molecule has 0 atom stereocenters. The van der Waals surface area contributed by atoms with Crippen LogP contribution in [0.1, 0.15) is 15.9 Å². The average molecular weight is 316 g/mol. The number of ether oxygens (including phenoxy) is 1. The molecule has 0 unspecified atom stereocenters. The van der Waals surface area contributed by atoms with Crippen molar-refractivity contribution in [3.05, 3.63) is 63.9 Å². The van der Waals surface area contributed by atoms with Crippen LogP contribution in [0.4, 0.5) is 0 Å². The second-order valence-electron chi connectivity index (χ2n) is 4.21. The molecule has 0 saturated heterocycles. The Morgan fingerprint density at radius 1 is 1.32 bits per heavy atom. The van der Waals surface area contributed by atoms with Crippen LogP contribution in [0.15, 0.2) is 52.8 Å². The molecule has 0 spiro atoms. The highest BCUT2D eigenvalue weighted by molar-refractivity contribution is 9.10. The van der Waals surface area contributed by atoms with Crippen LogP contribution in [0.2, 0.25) is 0 Å². The molecular weight excluding hydrogens is 306 g/mol. The number of ketones is 1. The minimum Gasteiger partial charge on any atom is -0.488 e. The fourth-order valence-corrected chi connectivity index (χ4v) is 2.33. The van der Waals surface area contributed by atoms with Gasteiger partial charge in [0.1, 0.15) is 12.4 Å². The van der Waals surface area contributed by atoms with Crippen molar-refractivity contribution in [1.29, 1.82) is 0 Å². The maximum Gasteiger partial charge on any atom is 0.196 e. The number of Topliss-reactive ketones (excluding diaryl/α,β-unsaturated/α-hetero) is 1. The van der Waals surface area contributed by atoms with E-state index < -0.39 is 0 Å². The van der Waals surface area contributed by atoms with E-state index in [4.69, 9.17) is 4.74 Å². The van der Waals surface area contributed by atoms with Crippen LogP contribution in [0.3, 0.4) is 0 Å². The Hall–Kier alpha value is -1.94. The van der Waals surface area contributed by atoms with Gasteiger partial charge in [0.15, 0.2) is 5.78 Å². The van der Waals surface area contributed by atoms with Crippen molar-refractivity contribution >= 4 is 27.8 Å². The van der Waals surface area contributed by atoms with E-state index in [1.165, 1.54) is 0 Å². The number of nitrogens with zero attached hydrogens (tertiary/aromatic N) is 1. The lowest BCUT2D eigenvalue weighted by Gasteiger charge is -2.18. The maximum atomic E-state index is 12.4. The third-order valence-electron chi connectivity index (χ3n) is 2.89. The van der Waals surface area contributed by atoms with E-state index in [1.54, 1.807) is 24.5 Å². The Morgan fingerprint density at radius 3 is 3.00 bits per heavy atom. The van der Waals surface area contributed by atoms with Crippen LogP contribution in [0, 0.1) is 0 Å². The van der Waals surface area contributed by atoms with E-state index in [-0.39, 0.29) is 5.78 Å². The third kappa shape index (κ3) is 2.44. The Bertz CT molecular complexity index is 665. The molecule has 1 aliphatic rings. The summed E-state index contributed by atoms with van der Waals surface area (Å²) in [4.78, 5) is 16.4. The molecule has 3 nitrogen and oxygen atoms in total. The normalized spacial score (nSPS) is 16.1. The van der Waals surface area contributed by atoms with Gasteiger partial charge in [0, 0.05) is 22.4 Å². The fourth-order valence-electron chi connectivity index (χ4n) is 1.97. The standard InChI is InChI=1S/C15H10BrNO2/c16-12-3-4-14-13(7-12)15(18)11(9-19-14)6-10-2-1-5-17-8-10/h1-8H,9H2/b11-6+. The predicted molar refractivity (Wildman–Crippen MR) is 76.2 cm³/mol. The number of carbonyl (C=O) groups is 1. The van der Waals surface area contributed by atoms with Crippen molar-refractivity contribution in [2.24, 2.45) is 0 Å². The molecule has 2 aromatic rings. The molecule has 4 heteroatoms. The second-order valence-corrected chi connectivity index (χ2v) is 5.13. The topological polar surface area (TPSA) is 39.2 Å². The van der Waals surface area contributed by atoms with Crippen LogP contribution in [0.25, 0.3) is 6.08 Å². The molecule has 0 radical (unpaired) electrons. The van der Waals surface area contributed by atoms with E-state index in [0.717, 1.165) is 10.0 Å². The Labute approximate surface area is 119 Å². The monoisotopic (exact) mass is 315 g/mol. The summed E-state index contributed by atoms with van der Waals surface area (Å²) in [6, 6.07) is 9.20. The average Bonchev–Trinajstić information content (AvgIpc) is 2.44. The van der Waals surface area contributed by atoms with E-state index >= 15 is 0 Å². The maximum absolute atomic E-state index is 12.4. The highest BCUT2D eigenvalue weighted by Crippen LogP contribution is 2.30. The molecule has 94 valence electrons. The summed E-state index contributed by atoms with van der Waals surface area (Å²) in [5.41, 5.74) is 2.13. The molecule has 0 amide bonds. The lowest BCUT2D eigenvalue weighted by Crippen LogP contribution is -2.19. The first-order chi connectivity index (χ1) is 9.24. The van der Waals surface area contributed by atoms with Gasteiger partial charge in [-0.2, -0.15) is 0 Å². The van der Waals surface area contributed by atoms with Crippen molar-refractivity contribution in [3.63, 3.8) is 0 Å². The minimum atomic E-state index is 0.00593. The summed E-state index contributed by atoms with van der Waals surface area (Å²) in [5.74, 6) is 0.642. The molecule has 0 aliphatic carbocycles. The van der Waals surface area contributed by atoms with Crippen LogP contribution in [-0.2, 0) is 0 Å². The quantitative estimate of drug-likeness (QED) is 0.756. The summed E-state index contributed by atoms with van der Waals surface area (Å²) in [6.07, 6.45) is 5.24. The van der Waals surface area contributed by atoms with Crippen LogP contribution < -0.4 is 4.74 Å². The van der Waals surface area contributed by atoms with Crippen molar-refractivity contribution in [2.45, 2.75) is 0 Å². The number of halogens is 1. The van der Waals surface area contributed by atoms with Gasteiger partial charge < -0.3 is 4.74 Å². The van der Waals surface area contributed by atoms with Crippen LogP contribution in [-0.4, -0.2) is 17.4 Å². The first-order valence-corrected chi connectivity index (χ1v) is 6.61. The second kappa shape index (κ2) is 4.97. The zero-order valence-electron chi connectivity index (χ0n) is 9.97. The number of benzene rings is 1. The molecule has 19 heavy (non-hydrogen) atoms. The summed E-state index contributed by atoms with van der Waals surface area (Å²) in [7, 11) is 0. The first kappa shape index (κ1) is 12.1. The molecule has 1 aliphatic heterocycles. The zero-order chi connectivity index (χ0) is 13.2. The van der Waals surface area contributed by atoms with Crippen LogP contribution >= 0.6 is 15.9 Å². The molecule has 0 bridgehead atoms. The van der Waals surface area contributed by atoms with E-state index in [2.05, 4.69) is 20.9 Å². The molecule has 1 aromatic heterocycles. The number of rotatable bonds is 1. The van der Waals surface area contributed by atoms with Crippen molar-refractivity contribution < 1.29 is 9.53 Å². The molecule has 2 heterocycles. The number of pyridine rings is 1. The lowest BCUT2D eigenvalue weighted by molar-refractivity contribution is 0.100. The lowest BCUT2D eigenvalue weighted by atomic mass is 9.99. The van der Waals surface area contributed by atoms with Crippen molar-refractivity contribution in [3.8, 4) is 5.75 Å². The number of fused-ring (bicyclic) bond motifs is 1. The summed E-state index contributed by atoms with van der Waals surface area (Å²) >= 11 is 3.37. The van der Waals surface area contributed by atoms with E-state index in [1.807, 2.05) is 24.3 Å². The van der Waals surface area contributed by atoms with Gasteiger partial charge in [-0.25, -0.2) is 0 Å². The largest absolute Gasteiger partial charge is 0.488 e. The van der Waals surface area contributed by atoms with Crippen LogP contribution in [0.5, 0.6) is 5.75 Å². The molecule has 3 rings (SSSR count). The Morgan fingerprint density at radius 2 is 2.21 bits per heavy atom. The number of hydrogen-bond donors (Lipinski definition) is 0. The Kier molecular flexibility index (Phi) is 3.17. The predicted octanol–water partition coefficient (Wildman–Crippen LogP) is 3.50. The van der Waals surface area contributed by atoms with Crippen molar-refractivity contribution in [1.82, 2.24) is 4.98 Å². The van der Waals surface area contributed by atoms with Gasteiger partial charge in [0.2, 0.25) is 0 Å². The fraction of sp³-hybridized carbons (Fsp3) is 0.0667. The van der Waals surface area contributed by atoms with Gasteiger partial charge in [0.25, 0.3) is 0 Å². The highest BCUT2D eigenvalue weighted by atomic mass is 79.9. The van der Waals surface area contributed by atoms with Gasteiger partial charge in [-0.3, -0.25) is 9.78 Å². The summed E-state index contributed by atoms with van der Waals surface area (Å²) < 4.78 is 6.47. The smallest absolute Gasteiger partial charge is 0.196 e. The minimum absolute atomic E-state index is 0.00593. The summed E-state index contributed by atoms with van der Waals surface area (Å²) in [5, 5.41) is 0. The molecule has 0 fully saturated rings. The zero-order valence-corrected chi connectivity index (χ0v) is 11.6. The van der Waals surface area contributed by atoms with E-state index in [0.29, 0.717) is 23.5 Å². The van der Waals surface area contributed by atoms with E-state index in [9.17, 15) is 4.79 Å². The highest BCUT2D eigenvalue weighted by Gasteiger charge is 2.23. The SMILES string of the molecule is O=C1/C(=C/c2cccnc2)COc2ccc(Br)cc21. The van der Waals surface area contributed by atoms with Gasteiger partial charge >= 0.3 is 0 Å². The van der Waals surface area contributed by atoms with Gasteiger partial charge in [-0.05, 0) is 35.9 Å². The third-order valence-corrected chi connectivity index (χ3v) is 3.38.